The number of thiazole rings is 1. The van der Waals surface area contributed by atoms with Crippen molar-refractivity contribution in [2.75, 3.05) is 6.54 Å². The molecule has 0 aliphatic heterocycles. The fourth-order valence-electron chi connectivity index (χ4n) is 1.93. The lowest BCUT2D eigenvalue weighted by Gasteiger charge is -2.07. The molecule has 0 bridgehead atoms. The Morgan fingerprint density at radius 1 is 1.26 bits per heavy atom. The van der Waals surface area contributed by atoms with Gasteiger partial charge < -0.3 is 10.4 Å². The van der Waals surface area contributed by atoms with Gasteiger partial charge in [0.1, 0.15) is 5.01 Å². The average molecular weight is 276 g/mol. The first-order valence-corrected chi connectivity index (χ1v) is 7.40. The van der Waals surface area contributed by atoms with Crippen LogP contribution >= 0.6 is 11.3 Å². The maximum Gasteiger partial charge on any atom is 0.119 e. The minimum Gasteiger partial charge on any atom is -0.389 e. The second kappa shape index (κ2) is 6.80. The van der Waals surface area contributed by atoms with Gasteiger partial charge in [-0.3, -0.25) is 0 Å². The molecule has 0 fully saturated rings. The highest BCUT2D eigenvalue weighted by atomic mass is 32.1. The first kappa shape index (κ1) is 14.2. The zero-order valence-corrected chi connectivity index (χ0v) is 12.2. The molecule has 0 aliphatic rings. The normalized spacial score (nSPS) is 11.2. The third-order valence-electron chi connectivity index (χ3n) is 2.83. The molecule has 0 spiro atoms. The molecule has 0 saturated carbocycles. The van der Waals surface area contributed by atoms with E-state index in [1.54, 1.807) is 11.3 Å². The molecule has 2 aromatic rings. The molecule has 0 amide bonds. The van der Waals surface area contributed by atoms with Gasteiger partial charge in [-0.25, -0.2) is 4.98 Å². The summed E-state index contributed by atoms with van der Waals surface area (Å²) < 4.78 is 0. The number of aliphatic hydroxyl groups is 1. The Hall–Kier alpha value is -1.23. The van der Waals surface area contributed by atoms with Crippen molar-refractivity contribution in [1.82, 2.24) is 10.3 Å². The number of rotatable bonds is 6. The third kappa shape index (κ3) is 3.86. The first-order chi connectivity index (χ1) is 9.20. The first-order valence-electron chi connectivity index (χ1n) is 6.59. The molecule has 102 valence electrons. The van der Waals surface area contributed by atoms with Crippen molar-refractivity contribution in [2.24, 2.45) is 0 Å². The topological polar surface area (TPSA) is 45.1 Å². The monoisotopic (exact) mass is 276 g/mol. The van der Waals surface area contributed by atoms with Gasteiger partial charge in [0.05, 0.1) is 12.3 Å². The van der Waals surface area contributed by atoms with Gasteiger partial charge >= 0.3 is 0 Å². The van der Waals surface area contributed by atoms with Crippen LogP contribution in [0.15, 0.2) is 30.3 Å². The van der Waals surface area contributed by atoms with Crippen LogP contribution in [-0.4, -0.2) is 22.7 Å². The largest absolute Gasteiger partial charge is 0.389 e. The molecule has 0 atom stereocenters. The highest BCUT2D eigenvalue weighted by Gasteiger charge is 2.12. The van der Waals surface area contributed by atoms with E-state index in [4.69, 9.17) is 0 Å². The number of aliphatic hydroxyl groups excluding tert-OH is 1. The highest BCUT2D eigenvalue weighted by Crippen LogP contribution is 2.28. The predicted octanol–water partition coefficient (Wildman–Crippen LogP) is 2.84. The molecule has 0 unspecified atom stereocenters. The number of hydrogen-bond donors (Lipinski definition) is 2. The van der Waals surface area contributed by atoms with E-state index in [2.05, 4.69) is 36.3 Å². The van der Waals surface area contributed by atoms with Crippen LogP contribution in [0.1, 0.15) is 23.7 Å². The van der Waals surface area contributed by atoms with Crippen molar-refractivity contribution in [3.05, 3.63) is 40.2 Å². The lowest BCUT2D eigenvalue weighted by atomic mass is 10.1. The van der Waals surface area contributed by atoms with Gasteiger partial charge in [0.2, 0.25) is 0 Å². The molecule has 1 aromatic heterocycles. The molecular formula is C15H20N2OS. The van der Waals surface area contributed by atoms with E-state index in [0.717, 1.165) is 29.2 Å². The Morgan fingerprint density at radius 2 is 2.00 bits per heavy atom. The molecule has 1 heterocycles. The number of benzene rings is 1. The number of hydrogen-bond acceptors (Lipinski definition) is 4. The van der Waals surface area contributed by atoms with Crippen LogP contribution in [0.3, 0.4) is 0 Å². The average Bonchev–Trinajstić information content (AvgIpc) is 2.83. The van der Waals surface area contributed by atoms with E-state index >= 15 is 0 Å². The maximum atomic E-state index is 9.27. The Morgan fingerprint density at radius 3 is 2.63 bits per heavy atom. The summed E-state index contributed by atoms with van der Waals surface area (Å²) in [5.41, 5.74) is 2.14. The summed E-state index contributed by atoms with van der Waals surface area (Å²) in [6, 6.07) is 10.7. The van der Waals surface area contributed by atoms with Crippen LogP contribution < -0.4 is 5.32 Å². The lowest BCUT2D eigenvalue weighted by Crippen LogP contribution is -2.24. The Balaban J connectivity index is 2.19. The van der Waals surface area contributed by atoms with Gasteiger partial charge in [-0.05, 0) is 6.42 Å². The Kier molecular flexibility index (Phi) is 5.07. The van der Waals surface area contributed by atoms with E-state index in [-0.39, 0.29) is 6.61 Å². The van der Waals surface area contributed by atoms with Crippen LogP contribution in [0.25, 0.3) is 11.3 Å². The molecule has 2 rings (SSSR count). The number of nitrogens with zero attached hydrogens (tertiary/aromatic N) is 1. The third-order valence-corrected chi connectivity index (χ3v) is 3.93. The molecular weight excluding hydrogens is 256 g/mol. The van der Waals surface area contributed by atoms with Crippen LogP contribution in [0.4, 0.5) is 0 Å². The van der Waals surface area contributed by atoms with Gasteiger partial charge in [-0.15, -0.1) is 11.3 Å². The van der Waals surface area contributed by atoms with Crippen molar-refractivity contribution in [3.8, 4) is 11.3 Å². The summed E-state index contributed by atoms with van der Waals surface area (Å²) in [6.07, 6.45) is 0.945. The van der Waals surface area contributed by atoms with Crippen molar-refractivity contribution >= 4 is 11.3 Å². The van der Waals surface area contributed by atoms with Crippen LogP contribution in [0.5, 0.6) is 0 Å². The molecule has 0 radical (unpaired) electrons. The van der Waals surface area contributed by atoms with Gasteiger partial charge in [-0.1, -0.05) is 44.2 Å². The molecule has 0 aliphatic carbocycles. The summed E-state index contributed by atoms with van der Waals surface area (Å²) in [5, 5.41) is 13.5. The van der Waals surface area contributed by atoms with E-state index < -0.39 is 0 Å². The van der Waals surface area contributed by atoms with E-state index in [9.17, 15) is 5.11 Å². The Bertz CT molecular complexity index is 508. The van der Waals surface area contributed by atoms with E-state index in [1.165, 1.54) is 4.88 Å². The maximum absolute atomic E-state index is 9.27. The SMILES string of the molecule is CC(C)NCCc1sc(CO)nc1-c1ccccc1. The fourth-order valence-corrected chi connectivity index (χ4v) is 2.88. The molecule has 0 saturated heterocycles. The summed E-state index contributed by atoms with van der Waals surface area (Å²) in [5.74, 6) is 0. The van der Waals surface area contributed by atoms with Crippen molar-refractivity contribution in [2.45, 2.75) is 32.9 Å². The molecule has 19 heavy (non-hydrogen) atoms. The van der Waals surface area contributed by atoms with Gasteiger partial charge in [0.25, 0.3) is 0 Å². The van der Waals surface area contributed by atoms with Gasteiger partial charge in [-0.2, -0.15) is 0 Å². The van der Waals surface area contributed by atoms with Crippen LogP contribution in [0, 0.1) is 0 Å². The fraction of sp³-hybridized carbons (Fsp3) is 0.400. The molecule has 4 heteroatoms. The van der Waals surface area contributed by atoms with E-state index in [0.29, 0.717) is 6.04 Å². The van der Waals surface area contributed by atoms with Crippen molar-refractivity contribution in [3.63, 3.8) is 0 Å². The predicted molar refractivity (Wildman–Crippen MR) is 80.3 cm³/mol. The number of aromatic nitrogens is 1. The highest BCUT2D eigenvalue weighted by molar-refractivity contribution is 7.12. The summed E-state index contributed by atoms with van der Waals surface area (Å²) in [7, 11) is 0. The van der Waals surface area contributed by atoms with Crippen LogP contribution in [-0.2, 0) is 13.0 Å². The van der Waals surface area contributed by atoms with Crippen molar-refractivity contribution < 1.29 is 5.11 Å². The van der Waals surface area contributed by atoms with Crippen molar-refractivity contribution in [1.29, 1.82) is 0 Å². The Labute approximate surface area is 118 Å². The van der Waals surface area contributed by atoms with E-state index in [1.807, 2.05) is 18.2 Å². The molecule has 2 N–H and O–H groups in total. The summed E-state index contributed by atoms with van der Waals surface area (Å²) in [4.78, 5) is 5.78. The van der Waals surface area contributed by atoms with Crippen LogP contribution in [0.2, 0.25) is 0 Å². The second-order valence-electron chi connectivity index (χ2n) is 4.76. The van der Waals surface area contributed by atoms with Gasteiger partial charge in [0, 0.05) is 23.0 Å². The minimum atomic E-state index is 0.0160. The number of nitrogens with one attached hydrogen (secondary N) is 1. The lowest BCUT2D eigenvalue weighted by molar-refractivity contribution is 0.281. The second-order valence-corrected chi connectivity index (χ2v) is 5.93. The summed E-state index contributed by atoms with van der Waals surface area (Å²) in [6.45, 7) is 5.24. The quantitative estimate of drug-likeness (QED) is 0.853. The smallest absolute Gasteiger partial charge is 0.119 e. The van der Waals surface area contributed by atoms with Gasteiger partial charge in [0.15, 0.2) is 0 Å². The molecule has 1 aromatic carbocycles. The molecule has 3 nitrogen and oxygen atoms in total. The summed E-state index contributed by atoms with van der Waals surface area (Å²) >= 11 is 1.60. The zero-order valence-electron chi connectivity index (χ0n) is 11.4. The minimum absolute atomic E-state index is 0.0160. The zero-order chi connectivity index (χ0) is 13.7. The standard InChI is InChI=1S/C15H20N2OS/c1-11(2)16-9-8-13-15(17-14(10-18)19-13)12-6-4-3-5-7-12/h3-7,11,16,18H,8-10H2,1-2H3.